The van der Waals surface area contributed by atoms with Crippen LogP contribution >= 0.6 is 0 Å². The standard InChI is InChI=1S/C29H43N5O6/c1-19(2)16-23(30-27(36)21-6-8-22(9-7-21)32-14-12-31(5)13-15-32)28(37)33-11-10-24-26(33)25(35)17-34(24)40-29(38)39-18-20(3)4/h6-9,19-20,23-24,26H,10-18H2,1-5H3,(H,30,36). The Morgan fingerprint density at radius 2 is 1.65 bits per heavy atom. The molecular formula is C29H43N5O6. The molecule has 3 saturated heterocycles. The third kappa shape index (κ3) is 7.11. The Kier molecular flexibility index (Phi) is 9.68. The Balaban J connectivity index is 1.39. The summed E-state index contributed by atoms with van der Waals surface area (Å²) in [4.78, 5) is 63.4. The number of hydrogen-bond acceptors (Lipinski definition) is 9. The van der Waals surface area contributed by atoms with E-state index in [1.54, 1.807) is 17.0 Å². The minimum Gasteiger partial charge on any atom is -0.433 e. The lowest BCUT2D eigenvalue weighted by Crippen LogP contribution is -2.52. The average molecular weight is 558 g/mol. The fourth-order valence-corrected chi connectivity index (χ4v) is 5.56. The van der Waals surface area contributed by atoms with Gasteiger partial charge in [0.05, 0.1) is 19.2 Å². The van der Waals surface area contributed by atoms with E-state index >= 15 is 0 Å². The lowest BCUT2D eigenvalue weighted by atomic mass is 10.0. The van der Waals surface area contributed by atoms with Gasteiger partial charge in [0.2, 0.25) is 5.91 Å². The average Bonchev–Trinajstić information content (AvgIpc) is 3.48. The highest BCUT2D eigenvalue weighted by Gasteiger charge is 2.52. The number of likely N-dealkylation sites (tertiary alicyclic amines) is 1. The molecule has 0 radical (unpaired) electrons. The number of nitrogens with zero attached hydrogens (tertiary/aromatic N) is 4. The molecule has 11 nitrogen and oxygen atoms in total. The van der Waals surface area contributed by atoms with E-state index in [1.807, 2.05) is 39.8 Å². The third-order valence-electron chi connectivity index (χ3n) is 7.70. The fraction of sp³-hybridized carbons (Fsp3) is 0.655. The van der Waals surface area contributed by atoms with Gasteiger partial charge < -0.3 is 29.6 Å². The Bertz CT molecular complexity index is 1070. The first-order valence-corrected chi connectivity index (χ1v) is 14.3. The highest BCUT2D eigenvalue weighted by Crippen LogP contribution is 2.31. The monoisotopic (exact) mass is 557 g/mol. The van der Waals surface area contributed by atoms with Crippen LogP contribution in [0.25, 0.3) is 0 Å². The van der Waals surface area contributed by atoms with Crippen LogP contribution < -0.4 is 10.2 Å². The fourth-order valence-electron chi connectivity index (χ4n) is 5.56. The van der Waals surface area contributed by atoms with Crippen molar-refractivity contribution in [2.45, 2.75) is 58.7 Å². The zero-order valence-corrected chi connectivity index (χ0v) is 24.3. The van der Waals surface area contributed by atoms with Crippen LogP contribution in [-0.4, -0.2) is 110 Å². The zero-order valence-electron chi connectivity index (χ0n) is 24.3. The molecule has 2 amide bonds. The van der Waals surface area contributed by atoms with Crippen LogP contribution in [0.4, 0.5) is 10.5 Å². The quantitative estimate of drug-likeness (QED) is 0.457. The van der Waals surface area contributed by atoms with E-state index in [9.17, 15) is 19.2 Å². The molecular weight excluding hydrogens is 514 g/mol. The molecule has 3 aliphatic rings. The van der Waals surface area contributed by atoms with E-state index in [4.69, 9.17) is 9.57 Å². The van der Waals surface area contributed by atoms with E-state index in [1.165, 1.54) is 5.06 Å². The van der Waals surface area contributed by atoms with Gasteiger partial charge in [-0.1, -0.05) is 27.7 Å². The predicted octanol–water partition coefficient (Wildman–Crippen LogP) is 2.16. The number of ketones is 1. The van der Waals surface area contributed by atoms with Crippen molar-refractivity contribution in [3.63, 3.8) is 0 Å². The largest absolute Gasteiger partial charge is 0.527 e. The molecule has 3 unspecified atom stereocenters. The molecule has 0 saturated carbocycles. The second kappa shape index (κ2) is 13.0. The van der Waals surface area contributed by atoms with Crippen LogP contribution in [0.1, 0.15) is 50.9 Å². The smallest absolute Gasteiger partial charge is 0.433 e. The van der Waals surface area contributed by atoms with Crippen LogP contribution in [0, 0.1) is 11.8 Å². The van der Waals surface area contributed by atoms with Crippen molar-refractivity contribution in [2.75, 3.05) is 57.8 Å². The highest BCUT2D eigenvalue weighted by molar-refractivity contribution is 5.99. The van der Waals surface area contributed by atoms with Gasteiger partial charge in [0.25, 0.3) is 5.91 Å². The maximum Gasteiger partial charge on any atom is 0.527 e. The van der Waals surface area contributed by atoms with Crippen LogP contribution in [0.5, 0.6) is 0 Å². The Morgan fingerprint density at radius 1 is 0.975 bits per heavy atom. The summed E-state index contributed by atoms with van der Waals surface area (Å²) < 4.78 is 5.09. The molecule has 0 aliphatic carbocycles. The number of amides is 2. The number of ether oxygens (including phenoxy) is 1. The van der Waals surface area contributed by atoms with E-state index in [0.717, 1.165) is 31.9 Å². The number of hydrogen-bond donors (Lipinski definition) is 1. The molecule has 1 N–H and O–H groups in total. The van der Waals surface area contributed by atoms with Gasteiger partial charge in [-0.15, -0.1) is 5.06 Å². The SMILES string of the molecule is CC(C)COC(=O)ON1CC(=O)C2C1CCN2C(=O)C(CC(C)C)NC(=O)c1ccc(N2CCN(C)CC2)cc1. The molecule has 11 heteroatoms. The van der Waals surface area contributed by atoms with Crippen molar-refractivity contribution >= 4 is 29.4 Å². The molecule has 220 valence electrons. The molecule has 3 aliphatic heterocycles. The van der Waals surface area contributed by atoms with Crippen molar-refractivity contribution in [3.05, 3.63) is 29.8 Å². The van der Waals surface area contributed by atoms with Gasteiger partial charge in [0, 0.05) is 44.0 Å². The van der Waals surface area contributed by atoms with Crippen LogP contribution in [-0.2, 0) is 19.2 Å². The van der Waals surface area contributed by atoms with E-state index in [-0.39, 0.29) is 42.6 Å². The Morgan fingerprint density at radius 3 is 2.27 bits per heavy atom. The first-order chi connectivity index (χ1) is 19.0. The van der Waals surface area contributed by atoms with Gasteiger partial charge >= 0.3 is 6.16 Å². The van der Waals surface area contributed by atoms with Crippen molar-refractivity contribution in [2.24, 2.45) is 11.8 Å². The molecule has 40 heavy (non-hydrogen) atoms. The molecule has 3 atom stereocenters. The number of rotatable bonds is 9. The van der Waals surface area contributed by atoms with Gasteiger partial charge in [-0.25, -0.2) is 4.79 Å². The first-order valence-electron chi connectivity index (χ1n) is 14.3. The number of likely N-dealkylation sites (N-methyl/N-ethyl adjacent to an activating group) is 1. The van der Waals surface area contributed by atoms with Gasteiger partial charge in [-0.05, 0) is 56.0 Å². The molecule has 1 aromatic rings. The second-order valence-electron chi connectivity index (χ2n) is 11.9. The summed E-state index contributed by atoms with van der Waals surface area (Å²) in [5, 5.41) is 4.27. The van der Waals surface area contributed by atoms with E-state index < -0.39 is 24.3 Å². The lowest BCUT2D eigenvalue weighted by Gasteiger charge is -2.34. The molecule has 1 aromatic carbocycles. The topological polar surface area (TPSA) is 112 Å². The number of carbonyl (C=O) groups excluding carboxylic acids is 4. The maximum absolute atomic E-state index is 13.7. The number of fused-ring (bicyclic) bond motifs is 1. The summed E-state index contributed by atoms with van der Waals surface area (Å²) in [6.45, 7) is 12.1. The second-order valence-corrected chi connectivity index (χ2v) is 11.9. The van der Waals surface area contributed by atoms with Crippen molar-refractivity contribution in [1.82, 2.24) is 20.2 Å². The summed E-state index contributed by atoms with van der Waals surface area (Å²) in [7, 11) is 2.11. The Hall–Kier alpha value is -3.18. The Labute approximate surface area is 236 Å². The predicted molar refractivity (Wildman–Crippen MR) is 150 cm³/mol. The van der Waals surface area contributed by atoms with Gasteiger partial charge in [0.1, 0.15) is 12.1 Å². The van der Waals surface area contributed by atoms with Gasteiger partial charge in [-0.2, -0.15) is 0 Å². The van der Waals surface area contributed by atoms with Gasteiger partial charge in [0.15, 0.2) is 5.78 Å². The third-order valence-corrected chi connectivity index (χ3v) is 7.70. The summed E-state index contributed by atoms with van der Waals surface area (Å²) in [6, 6.07) is 5.55. The van der Waals surface area contributed by atoms with Crippen LogP contribution in [0.2, 0.25) is 0 Å². The van der Waals surface area contributed by atoms with E-state index in [2.05, 4.69) is 22.2 Å². The molecule has 0 bridgehead atoms. The van der Waals surface area contributed by atoms with Crippen LogP contribution in [0.15, 0.2) is 24.3 Å². The molecule has 4 rings (SSSR count). The van der Waals surface area contributed by atoms with Crippen molar-refractivity contribution in [1.29, 1.82) is 0 Å². The molecule has 3 fully saturated rings. The zero-order chi connectivity index (χ0) is 29.0. The summed E-state index contributed by atoms with van der Waals surface area (Å²) in [5.41, 5.74) is 1.55. The number of piperazine rings is 1. The highest BCUT2D eigenvalue weighted by atomic mass is 16.8. The summed E-state index contributed by atoms with van der Waals surface area (Å²) >= 11 is 0. The molecule has 3 heterocycles. The van der Waals surface area contributed by atoms with Gasteiger partial charge in [-0.3, -0.25) is 14.4 Å². The summed E-state index contributed by atoms with van der Waals surface area (Å²) in [5.74, 6) is -0.511. The number of Topliss-reactive ketones (excluding diaryl/α,β-unsaturated/α-hetero) is 1. The number of hydroxylamine groups is 2. The lowest BCUT2D eigenvalue weighted by molar-refractivity contribution is -0.142. The van der Waals surface area contributed by atoms with E-state index in [0.29, 0.717) is 24.9 Å². The summed E-state index contributed by atoms with van der Waals surface area (Å²) in [6.07, 6.45) is 0.0687. The normalized spacial score (nSPS) is 22.5. The van der Waals surface area contributed by atoms with Crippen molar-refractivity contribution in [3.8, 4) is 0 Å². The van der Waals surface area contributed by atoms with Crippen LogP contribution in [0.3, 0.4) is 0 Å². The minimum atomic E-state index is -0.851. The minimum absolute atomic E-state index is 0.100. The molecule has 0 spiro atoms. The maximum atomic E-state index is 13.7. The first kappa shape index (κ1) is 29.8. The number of anilines is 1. The molecule has 0 aromatic heterocycles. The number of nitrogens with one attached hydrogen (secondary N) is 1. The number of carbonyl (C=O) groups is 4. The van der Waals surface area contributed by atoms with Crippen molar-refractivity contribution < 1.29 is 28.8 Å². The number of benzene rings is 1.